The van der Waals surface area contributed by atoms with Crippen LogP contribution in [0, 0.1) is 11.3 Å². The second-order valence-electron chi connectivity index (χ2n) is 8.46. The molecule has 1 saturated heterocycles. The fourth-order valence-electron chi connectivity index (χ4n) is 5.52. The summed E-state index contributed by atoms with van der Waals surface area (Å²) in [5.74, 6) is 0.103. The highest BCUT2D eigenvalue weighted by molar-refractivity contribution is 5.74. The Hall–Kier alpha value is -2.48. The summed E-state index contributed by atoms with van der Waals surface area (Å²) < 4.78 is 26.8. The first-order valence-electron chi connectivity index (χ1n) is 10.1. The molecule has 6 nitrogen and oxygen atoms in total. The Morgan fingerprint density at radius 1 is 1.31 bits per heavy atom. The molecule has 1 aromatic heterocycles. The second kappa shape index (κ2) is 6.79. The van der Waals surface area contributed by atoms with Crippen molar-refractivity contribution in [1.29, 1.82) is 0 Å². The first-order chi connectivity index (χ1) is 14.0. The van der Waals surface area contributed by atoms with Crippen LogP contribution >= 0.6 is 0 Å². The summed E-state index contributed by atoms with van der Waals surface area (Å²) in [6.45, 7) is 0.340. The van der Waals surface area contributed by atoms with Crippen molar-refractivity contribution in [2.24, 2.45) is 11.3 Å². The van der Waals surface area contributed by atoms with Crippen LogP contribution in [0.25, 0.3) is 11.3 Å². The summed E-state index contributed by atoms with van der Waals surface area (Å²) >= 11 is 0. The Labute approximate surface area is 167 Å². The highest BCUT2D eigenvalue weighted by atomic mass is 19.3. The SMILES string of the molecule is O=C(NCC(F)F)N1CCC2(CC1)C[C@@H](C1c3ccccc3-c3cncn31)[C@H]2O. The number of aliphatic hydroxyl groups is 1. The van der Waals surface area contributed by atoms with Crippen molar-refractivity contribution in [3.05, 3.63) is 42.4 Å². The molecule has 0 radical (unpaired) electrons. The number of nitrogens with zero attached hydrogens (tertiary/aromatic N) is 3. The minimum Gasteiger partial charge on any atom is -0.392 e. The number of aliphatic hydroxyl groups excluding tert-OH is 1. The van der Waals surface area contributed by atoms with Gasteiger partial charge in [0.2, 0.25) is 0 Å². The number of urea groups is 1. The number of carbonyl (C=O) groups is 1. The van der Waals surface area contributed by atoms with E-state index in [-0.39, 0.29) is 17.4 Å². The van der Waals surface area contributed by atoms with E-state index in [1.807, 2.05) is 24.7 Å². The zero-order valence-corrected chi connectivity index (χ0v) is 16.0. The van der Waals surface area contributed by atoms with Crippen LogP contribution in [-0.4, -0.2) is 57.8 Å². The monoisotopic (exact) mass is 402 g/mol. The topological polar surface area (TPSA) is 70.4 Å². The summed E-state index contributed by atoms with van der Waals surface area (Å²) in [5.41, 5.74) is 3.30. The van der Waals surface area contributed by atoms with Crippen LogP contribution in [0.2, 0.25) is 0 Å². The molecule has 154 valence electrons. The molecule has 2 aromatic rings. The standard InChI is InChI=1S/C21H24F2N4O2/c22-17(23)11-25-20(29)26-7-5-21(6-8-26)9-15(19(21)28)18-14-4-2-1-3-13(14)16-10-24-12-27(16)18/h1-4,10,12,15,17-19,28H,5-9,11H2,(H,25,29)/t15-,18?,19+/m0/s1. The molecule has 3 aliphatic rings. The predicted octanol–water partition coefficient (Wildman–Crippen LogP) is 2.89. The Morgan fingerprint density at radius 2 is 2.07 bits per heavy atom. The molecule has 5 rings (SSSR count). The fourth-order valence-corrected chi connectivity index (χ4v) is 5.52. The number of nitrogens with one attached hydrogen (secondary N) is 1. The molecule has 1 unspecified atom stereocenters. The number of carbonyl (C=O) groups excluding carboxylic acids is 1. The maximum absolute atomic E-state index is 12.3. The van der Waals surface area contributed by atoms with E-state index in [0.29, 0.717) is 25.9 Å². The highest BCUT2D eigenvalue weighted by Crippen LogP contribution is 2.59. The van der Waals surface area contributed by atoms with E-state index in [1.165, 1.54) is 11.1 Å². The van der Waals surface area contributed by atoms with Crippen LogP contribution in [0.15, 0.2) is 36.8 Å². The molecule has 2 fully saturated rings. The summed E-state index contributed by atoms with van der Waals surface area (Å²) in [5, 5.41) is 13.4. The van der Waals surface area contributed by atoms with E-state index in [0.717, 1.165) is 12.1 Å². The molecule has 2 amide bonds. The Balaban J connectivity index is 1.27. The molecule has 8 heteroatoms. The summed E-state index contributed by atoms with van der Waals surface area (Å²) in [4.78, 5) is 17.9. The average molecular weight is 402 g/mol. The third kappa shape index (κ3) is 2.84. The van der Waals surface area contributed by atoms with Crippen LogP contribution in [0.5, 0.6) is 0 Å². The normalized spacial score (nSPS) is 26.9. The van der Waals surface area contributed by atoms with Gasteiger partial charge in [0.25, 0.3) is 6.43 Å². The van der Waals surface area contributed by atoms with Crippen LogP contribution < -0.4 is 5.32 Å². The maximum atomic E-state index is 12.3. The minimum absolute atomic E-state index is 0.0803. The van der Waals surface area contributed by atoms with E-state index in [9.17, 15) is 18.7 Å². The fraction of sp³-hybridized carbons (Fsp3) is 0.524. The van der Waals surface area contributed by atoms with E-state index in [4.69, 9.17) is 0 Å². The van der Waals surface area contributed by atoms with Crippen molar-refractivity contribution in [3.8, 4) is 11.3 Å². The zero-order valence-electron chi connectivity index (χ0n) is 16.0. The highest BCUT2D eigenvalue weighted by Gasteiger charge is 2.58. The molecule has 3 heterocycles. The van der Waals surface area contributed by atoms with E-state index >= 15 is 0 Å². The number of imidazole rings is 1. The number of aromatic nitrogens is 2. The van der Waals surface area contributed by atoms with Crippen molar-refractivity contribution >= 4 is 6.03 Å². The average Bonchev–Trinajstić information content (AvgIpc) is 3.32. The van der Waals surface area contributed by atoms with Gasteiger partial charge in [-0.1, -0.05) is 24.3 Å². The van der Waals surface area contributed by atoms with Crippen LogP contribution in [0.3, 0.4) is 0 Å². The van der Waals surface area contributed by atoms with Gasteiger partial charge in [-0.3, -0.25) is 0 Å². The van der Waals surface area contributed by atoms with Crippen molar-refractivity contribution in [2.45, 2.75) is 37.8 Å². The van der Waals surface area contributed by atoms with Gasteiger partial charge in [-0.25, -0.2) is 18.6 Å². The Bertz CT molecular complexity index is 923. The van der Waals surface area contributed by atoms with Gasteiger partial charge in [0.05, 0.1) is 36.9 Å². The number of amides is 2. The van der Waals surface area contributed by atoms with Crippen molar-refractivity contribution in [2.75, 3.05) is 19.6 Å². The number of hydrogen-bond acceptors (Lipinski definition) is 3. The lowest BCUT2D eigenvalue weighted by molar-refractivity contribution is -0.154. The number of alkyl halides is 2. The summed E-state index contributed by atoms with van der Waals surface area (Å²) in [7, 11) is 0. The van der Waals surface area contributed by atoms with E-state index < -0.39 is 25.1 Å². The molecule has 2 aliphatic heterocycles. The zero-order chi connectivity index (χ0) is 20.2. The molecule has 1 aromatic carbocycles. The second-order valence-corrected chi connectivity index (χ2v) is 8.46. The van der Waals surface area contributed by atoms with Crippen molar-refractivity contribution in [1.82, 2.24) is 19.8 Å². The summed E-state index contributed by atoms with van der Waals surface area (Å²) in [6.07, 6.45) is 2.98. The van der Waals surface area contributed by atoms with Gasteiger partial charge in [-0.2, -0.15) is 0 Å². The third-order valence-electron chi connectivity index (χ3n) is 7.06. The van der Waals surface area contributed by atoms with Gasteiger partial charge in [-0.05, 0) is 24.8 Å². The largest absolute Gasteiger partial charge is 0.392 e. The lowest BCUT2D eigenvalue weighted by Gasteiger charge is -2.57. The minimum atomic E-state index is -2.55. The van der Waals surface area contributed by atoms with Crippen molar-refractivity contribution < 1.29 is 18.7 Å². The number of benzene rings is 1. The van der Waals surface area contributed by atoms with Crippen LogP contribution in [0.4, 0.5) is 13.6 Å². The molecule has 3 atom stereocenters. The molecule has 0 bridgehead atoms. The summed E-state index contributed by atoms with van der Waals surface area (Å²) in [6, 6.07) is 7.91. The lowest BCUT2D eigenvalue weighted by Crippen LogP contribution is -2.60. The molecule has 1 aliphatic carbocycles. The Kier molecular flexibility index (Phi) is 4.34. The van der Waals surface area contributed by atoms with E-state index in [1.54, 1.807) is 4.90 Å². The maximum Gasteiger partial charge on any atom is 0.317 e. The van der Waals surface area contributed by atoms with Gasteiger partial charge < -0.3 is 19.9 Å². The smallest absolute Gasteiger partial charge is 0.317 e. The van der Waals surface area contributed by atoms with E-state index in [2.05, 4.69) is 27.0 Å². The number of halogens is 2. The first-order valence-corrected chi connectivity index (χ1v) is 10.1. The van der Waals surface area contributed by atoms with Crippen LogP contribution in [-0.2, 0) is 0 Å². The number of piperidine rings is 1. The van der Waals surface area contributed by atoms with Gasteiger partial charge >= 0.3 is 6.03 Å². The predicted molar refractivity (Wildman–Crippen MR) is 103 cm³/mol. The molecule has 1 spiro atoms. The third-order valence-corrected chi connectivity index (χ3v) is 7.06. The molecule has 1 saturated carbocycles. The first kappa shape index (κ1) is 18.5. The molecular formula is C21H24F2N4O2. The lowest BCUT2D eigenvalue weighted by atomic mass is 9.53. The van der Waals surface area contributed by atoms with Crippen molar-refractivity contribution in [3.63, 3.8) is 0 Å². The molecular weight excluding hydrogens is 378 g/mol. The number of fused-ring (bicyclic) bond motifs is 3. The van der Waals surface area contributed by atoms with Gasteiger partial charge in [0.15, 0.2) is 0 Å². The number of hydrogen-bond donors (Lipinski definition) is 2. The number of likely N-dealkylation sites (tertiary alicyclic amines) is 1. The molecule has 29 heavy (non-hydrogen) atoms. The van der Waals surface area contributed by atoms with Gasteiger partial charge in [-0.15, -0.1) is 0 Å². The van der Waals surface area contributed by atoms with Gasteiger partial charge in [0.1, 0.15) is 0 Å². The number of rotatable bonds is 3. The quantitative estimate of drug-likeness (QED) is 0.830. The van der Waals surface area contributed by atoms with Crippen LogP contribution in [0.1, 0.15) is 30.9 Å². The Morgan fingerprint density at radius 3 is 2.79 bits per heavy atom. The molecule has 2 N–H and O–H groups in total. The van der Waals surface area contributed by atoms with Gasteiger partial charge in [0, 0.05) is 30.0 Å².